The van der Waals surface area contributed by atoms with E-state index in [4.69, 9.17) is 0 Å². The van der Waals surface area contributed by atoms with E-state index >= 15 is 0 Å². The van der Waals surface area contributed by atoms with Crippen LogP contribution < -0.4 is 10.2 Å². The first-order chi connectivity index (χ1) is 9.65. The molecule has 0 unspecified atom stereocenters. The van der Waals surface area contributed by atoms with Crippen molar-refractivity contribution in [3.05, 3.63) is 48.5 Å². The lowest BCUT2D eigenvalue weighted by molar-refractivity contribution is -0.117. The van der Waals surface area contributed by atoms with Gasteiger partial charge in [0.1, 0.15) is 12.3 Å². The smallest absolute Gasteiger partial charge is 0.329 e. The number of aromatic hydroxyl groups is 1. The van der Waals surface area contributed by atoms with Crippen LogP contribution >= 0.6 is 0 Å². The van der Waals surface area contributed by atoms with E-state index in [1.165, 1.54) is 4.90 Å². The summed E-state index contributed by atoms with van der Waals surface area (Å²) in [5, 5.41) is 11.6. The van der Waals surface area contributed by atoms with Gasteiger partial charge in [-0.25, -0.2) is 4.79 Å². The zero-order chi connectivity index (χ0) is 14.1. The average Bonchev–Trinajstić information content (AvgIpc) is 2.78. The van der Waals surface area contributed by atoms with E-state index in [1.54, 1.807) is 30.3 Å². The number of rotatable bonds is 2. The number of anilines is 1. The number of hydrogen-bond donors (Lipinski definition) is 2. The molecule has 1 aliphatic heterocycles. The first kappa shape index (κ1) is 12.2. The van der Waals surface area contributed by atoms with Crippen molar-refractivity contribution in [2.24, 2.45) is 0 Å². The Kier molecular flexibility index (Phi) is 2.87. The summed E-state index contributed by atoms with van der Waals surface area (Å²) in [6.07, 6.45) is 0. The fourth-order valence-corrected chi connectivity index (χ4v) is 2.23. The number of phenols is 1. The number of imide groups is 1. The van der Waals surface area contributed by atoms with Crippen LogP contribution in [0.5, 0.6) is 5.75 Å². The average molecular weight is 268 g/mol. The Morgan fingerprint density at radius 1 is 1.00 bits per heavy atom. The van der Waals surface area contributed by atoms with Crippen molar-refractivity contribution >= 4 is 17.6 Å². The number of carbonyl (C=O) groups is 2. The summed E-state index contributed by atoms with van der Waals surface area (Å²) < 4.78 is 0. The Morgan fingerprint density at radius 2 is 1.70 bits per heavy atom. The Hall–Kier alpha value is -2.82. The molecule has 0 saturated carbocycles. The number of para-hydroxylation sites is 1. The van der Waals surface area contributed by atoms with Gasteiger partial charge >= 0.3 is 6.03 Å². The van der Waals surface area contributed by atoms with Gasteiger partial charge in [-0.3, -0.25) is 15.0 Å². The van der Waals surface area contributed by atoms with Gasteiger partial charge in [0.05, 0.1) is 5.69 Å². The number of nitrogens with zero attached hydrogens (tertiary/aromatic N) is 1. The number of benzene rings is 2. The summed E-state index contributed by atoms with van der Waals surface area (Å²) in [5.74, 6) is -0.129. The molecular formula is C15H12N2O3. The van der Waals surface area contributed by atoms with Crippen molar-refractivity contribution in [2.45, 2.75) is 0 Å². The lowest BCUT2D eigenvalue weighted by atomic mass is 10.0. The molecule has 100 valence electrons. The summed E-state index contributed by atoms with van der Waals surface area (Å²) in [5.41, 5.74) is 2.37. The molecular weight excluding hydrogens is 256 g/mol. The predicted octanol–water partition coefficient (Wildman–Crippen LogP) is 2.12. The summed E-state index contributed by atoms with van der Waals surface area (Å²) in [4.78, 5) is 24.5. The number of hydrogen-bond acceptors (Lipinski definition) is 3. The molecule has 1 saturated heterocycles. The normalized spacial score (nSPS) is 14.5. The highest BCUT2D eigenvalue weighted by Crippen LogP contribution is 2.32. The minimum Gasteiger partial charge on any atom is -0.508 e. The molecule has 1 aliphatic rings. The van der Waals surface area contributed by atoms with E-state index in [-0.39, 0.29) is 18.2 Å². The lowest BCUT2D eigenvalue weighted by Gasteiger charge is -2.17. The maximum absolute atomic E-state index is 11.8. The van der Waals surface area contributed by atoms with E-state index in [0.717, 1.165) is 11.1 Å². The fraction of sp³-hybridized carbons (Fsp3) is 0.0667. The minimum absolute atomic E-state index is 0.0218. The minimum atomic E-state index is -0.416. The zero-order valence-corrected chi connectivity index (χ0v) is 10.5. The first-order valence-corrected chi connectivity index (χ1v) is 6.15. The van der Waals surface area contributed by atoms with Gasteiger partial charge in [0.15, 0.2) is 0 Å². The highest BCUT2D eigenvalue weighted by Gasteiger charge is 2.29. The van der Waals surface area contributed by atoms with Gasteiger partial charge in [-0.15, -0.1) is 0 Å². The van der Waals surface area contributed by atoms with Crippen LogP contribution in [0.4, 0.5) is 10.5 Å². The molecule has 2 aromatic carbocycles. The molecule has 2 aromatic rings. The molecule has 2 N–H and O–H groups in total. The number of nitrogens with one attached hydrogen (secondary N) is 1. The molecule has 5 nitrogen and oxygen atoms in total. The summed E-state index contributed by atoms with van der Waals surface area (Å²) in [6, 6.07) is 13.6. The van der Waals surface area contributed by atoms with E-state index < -0.39 is 6.03 Å². The standard InChI is InChI=1S/C15H12N2O3/c18-11-7-5-10(6-8-11)12-3-1-2-4-13(12)17-9-14(19)16-15(17)20/h1-8,18H,9H2,(H,16,19,20). The second-order valence-electron chi connectivity index (χ2n) is 4.50. The van der Waals surface area contributed by atoms with E-state index in [9.17, 15) is 14.7 Å². The zero-order valence-electron chi connectivity index (χ0n) is 10.5. The Labute approximate surface area is 115 Å². The van der Waals surface area contributed by atoms with Crippen molar-refractivity contribution in [1.29, 1.82) is 0 Å². The molecule has 0 bridgehead atoms. The van der Waals surface area contributed by atoms with Crippen LogP contribution in [0, 0.1) is 0 Å². The Balaban J connectivity index is 2.07. The molecule has 0 aromatic heterocycles. The second kappa shape index (κ2) is 4.70. The van der Waals surface area contributed by atoms with Crippen molar-refractivity contribution < 1.29 is 14.7 Å². The maximum Gasteiger partial charge on any atom is 0.329 e. The second-order valence-corrected chi connectivity index (χ2v) is 4.50. The van der Waals surface area contributed by atoms with Gasteiger partial charge in [-0.05, 0) is 23.8 Å². The molecule has 1 fully saturated rings. The quantitative estimate of drug-likeness (QED) is 0.820. The van der Waals surface area contributed by atoms with Gasteiger partial charge in [0.2, 0.25) is 5.91 Å². The van der Waals surface area contributed by atoms with Gasteiger partial charge in [-0.2, -0.15) is 0 Å². The van der Waals surface area contributed by atoms with Crippen LogP contribution in [0.1, 0.15) is 0 Å². The third-order valence-corrected chi connectivity index (χ3v) is 3.17. The SMILES string of the molecule is O=C1CN(c2ccccc2-c2ccc(O)cc2)C(=O)N1. The number of phenolic OH excluding ortho intramolecular Hbond substituents is 1. The highest BCUT2D eigenvalue weighted by molar-refractivity contribution is 6.13. The Bertz CT molecular complexity index is 680. The van der Waals surface area contributed by atoms with Gasteiger partial charge in [-0.1, -0.05) is 30.3 Å². The van der Waals surface area contributed by atoms with E-state index in [1.807, 2.05) is 18.2 Å². The molecule has 3 amide bonds. The molecule has 0 atom stereocenters. The number of urea groups is 1. The van der Waals surface area contributed by atoms with Crippen LogP contribution in [-0.2, 0) is 4.79 Å². The predicted molar refractivity (Wildman–Crippen MR) is 74.4 cm³/mol. The van der Waals surface area contributed by atoms with Gasteiger partial charge in [0.25, 0.3) is 0 Å². The number of amides is 3. The first-order valence-electron chi connectivity index (χ1n) is 6.15. The van der Waals surface area contributed by atoms with Crippen molar-refractivity contribution in [3.63, 3.8) is 0 Å². The monoisotopic (exact) mass is 268 g/mol. The highest BCUT2D eigenvalue weighted by atomic mass is 16.3. The van der Waals surface area contributed by atoms with Crippen LogP contribution in [0.25, 0.3) is 11.1 Å². The third-order valence-electron chi connectivity index (χ3n) is 3.17. The fourth-order valence-electron chi connectivity index (χ4n) is 2.23. The van der Waals surface area contributed by atoms with Gasteiger partial charge in [0, 0.05) is 5.56 Å². The lowest BCUT2D eigenvalue weighted by Crippen LogP contribution is -2.28. The van der Waals surface area contributed by atoms with Crippen LogP contribution in [0.3, 0.4) is 0 Å². The van der Waals surface area contributed by atoms with Crippen molar-refractivity contribution in [2.75, 3.05) is 11.4 Å². The molecule has 1 heterocycles. The van der Waals surface area contributed by atoms with Gasteiger partial charge < -0.3 is 5.11 Å². The molecule has 3 rings (SSSR count). The van der Waals surface area contributed by atoms with E-state index in [2.05, 4.69) is 5.32 Å². The third kappa shape index (κ3) is 2.09. The topological polar surface area (TPSA) is 69.6 Å². The summed E-state index contributed by atoms with van der Waals surface area (Å²) in [6.45, 7) is 0.0218. The van der Waals surface area contributed by atoms with Crippen LogP contribution in [0.15, 0.2) is 48.5 Å². The van der Waals surface area contributed by atoms with Crippen LogP contribution in [-0.4, -0.2) is 23.6 Å². The summed E-state index contributed by atoms with van der Waals surface area (Å²) in [7, 11) is 0. The van der Waals surface area contributed by atoms with Crippen molar-refractivity contribution in [3.8, 4) is 16.9 Å². The largest absolute Gasteiger partial charge is 0.508 e. The molecule has 5 heteroatoms. The maximum atomic E-state index is 11.8. The molecule has 0 aliphatic carbocycles. The molecule has 0 spiro atoms. The van der Waals surface area contributed by atoms with Crippen LogP contribution in [0.2, 0.25) is 0 Å². The molecule has 0 radical (unpaired) electrons. The Morgan fingerprint density at radius 3 is 2.35 bits per heavy atom. The van der Waals surface area contributed by atoms with Crippen molar-refractivity contribution in [1.82, 2.24) is 5.32 Å². The summed E-state index contributed by atoms with van der Waals surface area (Å²) >= 11 is 0. The number of carbonyl (C=O) groups excluding carboxylic acids is 2. The van der Waals surface area contributed by atoms with E-state index in [0.29, 0.717) is 5.69 Å². The molecule has 20 heavy (non-hydrogen) atoms.